The molecule has 23 heteroatoms. The van der Waals surface area contributed by atoms with Crippen molar-refractivity contribution >= 4 is 29.8 Å². The van der Waals surface area contributed by atoms with Gasteiger partial charge in [-0.1, -0.05) is 260 Å². The van der Waals surface area contributed by atoms with Crippen molar-refractivity contribution in [1.82, 2.24) is 0 Å². The molecule has 0 radical (unpaired) electrons. The Bertz CT molecular complexity index is 5480. The SMILES string of the molecule is CC.CC.CC(C)(C)c1cc(CCC(=O)OCc2ccc(O)cc2)cc(C(C)(C)C)c1O.CC(C)(C)c1cc(COC(=O)c2cc(O)c(O)c(O)c2)cc(C(C)(C)C)c1O.CC(C)(C)c1cc(COC(=O)c2ccc(O)c(O)c2)cc(C(C)(C)C)c1O.CC(C)(C)c1cc(COC(=O)c2ccc(O)cc2)cc(C(C)(C)C)c1O.CC(C)(C)c1cc(COC(=O)c2ccc(O)cc2)cc(C(C)(C)C)c1O. The Balaban J connectivity index is 0.000000359. The van der Waals surface area contributed by atoms with E-state index in [0.717, 1.165) is 102 Å². The van der Waals surface area contributed by atoms with Crippen LogP contribution < -0.4 is 0 Å². The minimum Gasteiger partial charge on any atom is -0.508 e. The van der Waals surface area contributed by atoms with Crippen LogP contribution in [0.1, 0.15) is 372 Å². The third-order valence-electron chi connectivity index (χ3n) is 22.1. The Morgan fingerprint density at radius 1 is 0.201 bits per heavy atom. The molecule has 10 aromatic rings. The van der Waals surface area contributed by atoms with Gasteiger partial charge in [-0.3, -0.25) is 4.79 Å². The van der Waals surface area contributed by atoms with Crippen LogP contribution in [-0.2, 0) is 122 Å². The summed E-state index contributed by atoms with van der Waals surface area (Å²) >= 11 is 0. The van der Waals surface area contributed by atoms with Crippen LogP contribution >= 0.6 is 0 Å². The quantitative estimate of drug-likeness (QED) is 0.0229. The van der Waals surface area contributed by atoms with Gasteiger partial charge in [0.1, 0.15) is 79.0 Å². The largest absolute Gasteiger partial charge is 0.508 e. The second-order valence-corrected chi connectivity index (χ2v) is 44.5. The van der Waals surface area contributed by atoms with Crippen molar-refractivity contribution in [2.24, 2.45) is 0 Å². The van der Waals surface area contributed by atoms with Crippen molar-refractivity contribution in [2.45, 2.75) is 335 Å². The average Bonchev–Trinajstić information content (AvgIpc) is 0.795. The molecule has 0 saturated carbocycles. The molecule has 10 aromatic carbocycles. The van der Waals surface area contributed by atoms with E-state index in [9.17, 15) is 90.4 Å². The van der Waals surface area contributed by atoms with Gasteiger partial charge in [-0.25, -0.2) is 19.2 Å². The Morgan fingerprint density at radius 3 is 0.626 bits per heavy atom. The number of rotatable bonds is 17. The Morgan fingerprint density at radius 2 is 0.396 bits per heavy atom. The van der Waals surface area contributed by atoms with E-state index in [1.165, 1.54) is 60.7 Å². The standard InChI is InChI=1S/C24H32O4.C22H28O6.C22H28O5.2C22H28O4.2C2H6/c1-23(2,3)19-13-17(14-20(22(19)27)24(4,5)6)9-12-21(26)28-15-16-7-10-18(25)11-8-16;1-21(2,3)14-7-12(8-15(18(14)25)22(4,5)6)11-28-20(27)13-9-16(23)19(26)17(24)10-13;1-21(2,3)15-9-13(10-16(19(15)25)22(4,5)6)12-27-20(26)14-7-8-17(23)18(24)11-14;2*1-21(2,3)17-11-14(12-18(19(17)24)22(4,5)6)13-26-20(25)15-7-9-16(23)10-8-15;2*1-2/h7-8,10-11,13-14,25,27H,9,12,15H2,1-6H3;7-10,23-26H,11H2,1-6H3;7-11,23-25H,12H2,1-6H3;2*7-12,23-24H,13H2,1-6H3;2*1-2H3. The molecule has 0 spiro atoms. The molecule has 0 aliphatic heterocycles. The van der Waals surface area contributed by atoms with Gasteiger partial charge in [0.05, 0.1) is 22.3 Å². The number of carbonyl (C=O) groups excluding carboxylic acids is 5. The lowest BCUT2D eigenvalue weighted by molar-refractivity contribution is -0.144. The first-order valence-electron chi connectivity index (χ1n) is 47.0. The average molecular weight is 1920 g/mol. The normalized spacial score (nSPS) is 11.8. The van der Waals surface area contributed by atoms with Crippen molar-refractivity contribution in [3.63, 3.8) is 0 Å². The molecule has 0 heterocycles. The summed E-state index contributed by atoms with van der Waals surface area (Å²) in [5.41, 5.74) is 11.6. The summed E-state index contributed by atoms with van der Waals surface area (Å²) in [6.45, 7) is 69.4. The molecular weight excluding hydrogens is 1760 g/mol. The van der Waals surface area contributed by atoms with Crippen LogP contribution in [0.25, 0.3) is 0 Å². The number of aromatic hydroxyl groups is 13. The Kier molecular flexibility index (Phi) is 40.9. The third-order valence-corrected chi connectivity index (χ3v) is 22.1. The van der Waals surface area contributed by atoms with Crippen molar-refractivity contribution in [2.75, 3.05) is 0 Å². The van der Waals surface area contributed by atoms with Crippen molar-refractivity contribution in [3.8, 4) is 74.7 Å². The zero-order chi connectivity index (χ0) is 107. The Labute approximate surface area is 824 Å². The van der Waals surface area contributed by atoms with Crippen LogP contribution in [0, 0.1) is 0 Å². The summed E-state index contributed by atoms with van der Waals surface area (Å²) in [4.78, 5) is 61.1. The first-order chi connectivity index (χ1) is 63.7. The van der Waals surface area contributed by atoms with Crippen molar-refractivity contribution in [1.29, 1.82) is 0 Å². The highest BCUT2D eigenvalue weighted by Gasteiger charge is 2.34. The van der Waals surface area contributed by atoms with Crippen LogP contribution in [0.2, 0.25) is 0 Å². The van der Waals surface area contributed by atoms with Gasteiger partial charge in [0, 0.05) is 6.42 Å². The van der Waals surface area contributed by atoms with E-state index in [0.29, 0.717) is 40.4 Å². The molecule has 0 aromatic heterocycles. The predicted octanol–water partition coefficient (Wildman–Crippen LogP) is 26.7. The maximum Gasteiger partial charge on any atom is 0.338 e. The monoisotopic (exact) mass is 1920 g/mol. The first kappa shape index (κ1) is 118. The molecule has 10 rings (SSSR count). The topological polar surface area (TPSA) is 394 Å². The summed E-state index contributed by atoms with van der Waals surface area (Å²) < 4.78 is 26.9. The lowest BCUT2D eigenvalue weighted by Crippen LogP contribution is -2.18. The summed E-state index contributed by atoms with van der Waals surface area (Å²) in [6.07, 6.45) is 0.830. The number of carbonyl (C=O) groups is 5. The number of phenols is 13. The fourth-order valence-corrected chi connectivity index (χ4v) is 14.2. The zero-order valence-corrected chi connectivity index (χ0v) is 88.4. The minimum absolute atomic E-state index is 0.0346. The summed E-state index contributed by atoms with van der Waals surface area (Å²) in [5, 5.41) is 129. The molecule has 0 bridgehead atoms. The molecule has 0 amide bonds. The van der Waals surface area contributed by atoms with Crippen LogP contribution in [0.3, 0.4) is 0 Å². The molecule has 0 unspecified atom stereocenters. The highest BCUT2D eigenvalue weighted by Crippen LogP contribution is 2.47. The number of hydrogen-bond donors (Lipinski definition) is 13. The van der Waals surface area contributed by atoms with Crippen molar-refractivity contribution < 1.29 is 114 Å². The molecule has 0 fully saturated rings. The lowest BCUT2D eigenvalue weighted by atomic mass is 9.78. The van der Waals surface area contributed by atoms with Gasteiger partial charge in [-0.15, -0.1) is 0 Å². The van der Waals surface area contributed by atoms with Gasteiger partial charge in [0.15, 0.2) is 28.7 Å². The van der Waals surface area contributed by atoms with Gasteiger partial charge < -0.3 is 90.1 Å². The second-order valence-electron chi connectivity index (χ2n) is 44.5. The molecule has 0 atom stereocenters. The number of benzene rings is 10. The highest BCUT2D eigenvalue weighted by atomic mass is 16.5. The molecule has 758 valence electrons. The van der Waals surface area contributed by atoms with E-state index >= 15 is 0 Å². The van der Waals surface area contributed by atoms with Gasteiger partial charge >= 0.3 is 29.8 Å². The maximum atomic E-state index is 12.3. The second kappa shape index (κ2) is 48.0. The molecule has 0 saturated heterocycles. The van der Waals surface area contributed by atoms with E-state index in [4.69, 9.17) is 23.7 Å². The molecule has 0 aliphatic carbocycles. The van der Waals surface area contributed by atoms with Gasteiger partial charge in [0.25, 0.3) is 0 Å². The van der Waals surface area contributed by atoms with E-state index in [1.807, 2.05) is 255 Å². The van der Waals surface area contributed by atoms with Crippen LogP contribution in [0.4, 0.5) is 0 Å². The number of phenolic OH excluding ortho intramolecular Hbond substituents is 13. The van der Waals surface area contributed by atoms with Gasteiger partial charge in [0.2, 0.25) is 0 Å². The van der Waals surface area contributed by atoms with E-state index in [-0.39, 0.29) is 151 Å². The maximum absolute atomic E-state index is 12.3. The first-order valence-corrected chi connectivity index (χ1v) is 47.0. The molecular formula is C116H156O23. The summed E-state index contributed by atoms with van der Waals surface area (Å²) in [7, 11) is 0. The van der Waals surface area contributed by atoms with E-state index in [2.05, 4.69) is 41.5 Å². The van der Waals surface area contributed by atoms with Gasteiger partial charge in [-0.2, -0.15) is 0 Å². The lowest BCUT2D eigenvalue weighted by Gasteiger charge is -2.28. The fourth-order valence-electron chi connectivity index (χ4n) is 14.2. The zero-order valence-electron chi connectivity index (χ0n) is 88.4. The smallest absolute Gasteiger partial charge is 0.338 e. The minimum atomic E-state index is -0.756. The van der Waals surface area contributed by atoms with Crippen molar-refractivity contribution in [3.05, 3.63) is 275 Å². The van der Waals surface area contributed by atoms with Crippen LogP contribution in [0.15, 0.2) is 164 Å². The predicted molar refractivity (Wildman–Crippen MR) is 550 cm³/mol. The fraction of sp³-hybridized carbons (Fsp3) is 0.440. The molecule has 139 heavy (non-hydrogen) atoms. The number of ether oxygens (including phenoxy) is 5. The summed E-state index contributed by atoms with van der Waals surface area (Å²) in [5.74, 6) is -3.26. The number of aryl methyl sites for hydroxylation is 1. The number of hydrogen-bond acceptors (Lipinski definition) is 23. The Hall–Kier alpha value is -13.1. The molecule has 23 nitrogen and oxygen atoms in total. The highest BCUT2D eigenvalue weighted by molar-refractivity contribution is 5.92. The van der Waals surface area contributed by atoms with Crippen LogP contribution in [0.5, 0.6) is 74.7 Å². The molecule has 0 aliphatic rings. The molecule has 13 N–H and O–H groups in total. The van der Waals surface area contributed by atoms with Gasteiger partial charge in [-0.05, 0) is 289 Å². The van der Waals surface area contributed by atoms with E-state index < -0.39 is 41.1 Å². The third kappa shape index (κ3) is 35.1. The van der Waals surface area contributed by atoms with E-state index in [1.54, 1.807) is 24.3 Å². The summed E-state index contributed by atoms with van der Waals surface area (Å²) in [6, 6.07) is 43.2. The number of esters is 5. The van der Waals surface area contributed by atoms with Crippen LogP contribution in [-0.4, -0.2) is 96.2 Å².